The Morgan fingerprint density at radius 1 is 1.24 bits per heavy atom. The first kappa shape index (κ1) is 17.6. The molecule has 1 atom stereocenters. The van der Waals surface area contributed by atoms with Crippen LogP contribution in [0.25, 0.3) is 11.5 Å². The van der Waals surface area contributed by atoms with E-state index in [2.05, 4.69) is 37.4 Å². The van der Waals surface area contributed by atoms with Crippen LogP contribution in [0, 0.1) is 0 Å². The Bertz CT molecular complexity index is 1050. The van der Waals surface area contributed by atoms with Gasteiger partial charge in [0, 0.05) is 25.6 Å². The number of aromatic nitrogens is 4. The molecule has 0 aliphatic carbocycles. The number of para-hydroxylation sites is 1. The smallest absolute Gasteiger partial charge is 0.303 e. The average molecular weight is 393 g/mol. The molecule has 29 heavy (non-hydrogen) atoms. The number of carbonyl (C=O) groups excluding carboxylic acids is 1. The molecular formula is C20H19N5O4. The maximum absolute atomic E-state index is 10.9. The minimum absolute atomic E-state index is 0.0101. The maximum Gasteiger partial charge on any atom is 0.303 e. The van der Waals surface area contributed by atoms with E-state index in [1.807, 2.05) is 24.3 Å². The number of fused-ring (bicyclic) bond motifs is 2. The molecule has 9 nitrogen and oxygen atoms in total. The molecule has 5 rings (SSSR count). The van der Waals surface area contributed by atoms with Crippen LogP contribution in [0.15, 0.2) is 40.9 Å². The summed E-state index contributed by atoms with van der Waals surface area (Å²) in [7, 11) is 0. The predicted molar refractivity (Wildman–Crippen MR) is 101 cm³/mol. The first-order chi connectivity index (χ1) is 14.1. The van der Waals surface area contributed by atoms with Gasteiger partial charge in [-0.1, -0.05) is 23.4 Å². The Kier molecular flexibility index (Phi) is 4.15. The lowest BCUT2D eigenvalue weighted by Gasteiger charge is -2.23. The number of carbonyl (C=O) groups is 1. The largest absolute Gasteiger partial charge is 0.492 e. The van der Waals surface area contributed by atoms with Crippen molar-refractivity contribution in [2.24, 2.45) is 0 Å². The molecular weight excluding hydrogens is 374 g/mol. The monoisotopic (exact) mass is 393 g/mol. The second-order valence-electron chi connectivity index (χ2n) is 7.31. The lowest BCUT2D eigenvalue weighted by molar-refractivity contribution is -0.143. The fourth-order valence-electron chi connectivity index (χ4n) is 3.92. The standard InChI is InChI=1S/C20H19N5O4/c1-13(26)27-10-18-21-19(24-29-18)15-6-7-17(23-22-15)25-9-8-20(11-25)12-28-16-5-3-2-4-14(16)20/h2-7H,8-12H2,1H3. The number of nitrogens with zero attached hydrogens (tertiary/aromatic N) is 5. The summed E-state index contributed by atoms with van der Waals surface area (Å²) in [5.41, 5.74) is 1.78. The molecule has 1 fully saturated rings. The zero-order valence-corrected chi connectivity index (χ0v) is 15.9. The van der Waals surface area contributed by atoms with Crippen LogP contribution in [0.3, 0.4) is 0 Å². The van der Waals surface area contributed by atoms with Crippen molar-refractivity contribution in [3.8, 4) is 17.3 Å². The number of benzene rings is 1. The van der Waals surface area contributed by atoms with Crippen molar-refractivity contribution in [3.05, 3.63) is 47.9 Å². The van der Waals surface area contributed by atoms with E-state index in [1.54, 1.807) is 0 Å². The van der Waals surface area contributed by atoms with Gasteiger partial charge in [-0.25, -0.2) is 0 Å². The van der Waals surface area contributed by atoms with Gasteiger partial charge in [-0.05, 0) is 24.6 Å². The van der Waals surface area contributed by atoms with E-state index in [-0.39, 0.29) is 17.9 Å². The van der Waals surface area contributed by atoms with E-state index >= 15 is 0 Å². The quantitative estimate of drug-likeness (QED) is 0.617. The highest BCUT2D eigenvalue weighted by molar-refractivity contribution is 5.65. The van der Waals surface area contributed by atoms with Gasteiger partial charge in [0.05, 0.1) is 12.0 Å². The lowest BCUT2D eigenvalue weighted by Crippen LogP contribution is -2.32. The molecule has 0 radical (unpaired) electrons. The zero-order chi connectivity index (χ0) is 19.8. The highest BCUT2D eigenvalue weighted by Crippen LogP contribution is 2.45. The van der Waals surface area contributed by atoms with Gasteiger partial charge in [0.1, 0.15) is 11.4 Å². The summed E-state index contributed by atoms with van der Waals surface area (Å²) < 4.78 is 15.8. The fourth-order valence-corrected chi connectivity index (χ4v) is 3.92. The minimum Gasteiger partial charge on any atom is -0.492 e. The highest BCUT2D eigenvalue weighted by atomic mass is 16.6. The molecule has 1 unspecified atom stereocenters. The van der Waals surface area contributed by atoms with Gasteiger partial charge in [0.15, 0.2) is 12.4 Å². The van der Waals surface area contributed by atoms with Crippen LogP contribution in [-0.4, -0.2) is 46.0 Å². The van der Waals surface area contributed by atoms with Gasteiger partial charge >= 0.3 is 5.97 Å². The van der Waals surface area contributed by atoms with Crippen molar-refractivity contribution in [2.45, 2.75) is 25.4 Å². The molecule has 0 bridgehead atoms. The van der Waals surface area contributed by atoms with Gasteiger partial charge in [0.25, 0.3) is 5.89 Å². The number of ether oxygens (including phenoxy) is 2. The van der Waals surface area contributed by atoms with Crippen LogP contribution in [0.2, 0.25) is 0 Å². The highest BCUT2D eigenvalue weighted by Gasteiger charge is 2.46. The minimum atomic E-state index is -0.410. The third-order valence-corrected chi connectivity index (χ3v) is 5.39. The molecule has 1 spiro atoms. The summed E-state index contributed by atoms with van der Waals surface area (Å²) in [5, 5.41) is 12.5. The van der Waals surface area contributed by atoms with Gasteiger partial charge in [-0.2, -0.15) is 4.98 Å². The van der Waals surface area contributed by atoms with Gasteiger partial charge < -0.3 is 18.9 Å². The van der Waals surface area contributed by atoms with E-state index < -0.39 is 5.97 Å². The number of hydrogen-bond donors (Lipinski definition) is 0. The molecule has 4 heterocycles. The van der Waals surface area contributed by atoms with Crippen LogP contribution in [-0.2, 0) is 21.6 Å². The summed E-state index contributed by atoms with van der Waals surface area (Å²) in [6.07, 6.45) is 1.01. The van der Waals surface area contributed by atoms with Crippen molar-refractivity contribution >= 4 is 11.8 Å². The first-order valence-electron chi connectivity index (χ1n) is 9.40. The van der Waals surface area contributed by atoms with E-state index in [9.17, 15) is 4.79 Å². The van der Waals surface area contributed by atoms with Crippen molar-refractivity contribution in [1.82, 2.24) is 20.3 Å². The molecule has 0 N–H and O–H groups in total. The van der Waals surface area contributed by atoms with Gasteiger partial charge in [-0.3, -0.25) is 4.79 Å². The Morgan fingerprint density at radius 2 is 2.14 bits per heavy atom. The van der Waals surface area contributed by atoms with Gasteiger partial charge in [0.2, 0.25) is 5.82 Å². The molecule has 2 aliphatic heterocycles. The average Bonchev–Trinajstić information content (AvgIpc) is 3.47. The van der Waals surface area contributed by atoms with Crippen molar-refractivity contribution in [2.75, 3.05) is 24.6 Å². The Labute approximate surface area is 166 Å². The van der Waals surface area contributed by atoms with Crippen LogP contribution in [0.1, 0.15) is 24.8 Å². The Hall–Kier alpha value is -3.49. The number of anilines is 1. The fraction of sp³-hybridized carbons (Fsp3) is 0.350. The molecule has 9 heteroatoms. The molecule has 2 aliphatic rings. The molecule has 1 aromatic carbocycles. The normalized spacial score (nSPS) is 20.0. The number of hydrogen-bond acceptors (Lipinski definition) is 9. The van der Waals surface area contributed by atoms with E-state index in [0.717, 1.165) is 31.1 Å². The number of rotatable bonds is 4. The van der Waals surface area contributed by atoms with E-state index in [4.69, 9.17) is 14.0 Å². The first-order valence-corrected chi connectivity index (χ1v) is 9.40. The lowest BCUT2D eigenvalue weighted by atomic mass is 9.82. The second-order valence-corrected chi connectivity index (χ2v) is 7.31. The summed E-state index contributed by atoms with van der Waals surface area (Å²) in [6, 6.07) is 12.0. The van der Waals surface area contributed by atoms with E-state index in [1.165, 1.54) is 12.5 Å². The summed E-state index contributed by atoms with van der Waals surface area (Å²) >= 11 is 0. The Morgan fingerprint density at radius 3 is 2.97 bits per heavy atom. The topological polar surface area (TPSA) is 103 Å². The predicted octanol–water partition coefficient (Wildman–Crippen LogP) is 2.13. The summed E-state index contributed by atoms with van der Waals surface area (Å²) in [5.74, 6) is 1.90. The molecule has 2 aromatic heterocycles. The van der Waals surface area contributed by atoms with Crippen LogP contribution < -0.4 is 9.64 Å². The van der Waals surface area contributed by atoms with Crippen molar-refractivity contribution in [3.63, 3.8) is 0 Å². The molecule has 1 saturated heterocycles. The molecule has 0 saturated carbocycles. The van der Waals surface area contributed by atoms with Crippen molar-refractivity contribution < 1.29 is 18.8 Å². The van der Waals surface area contributed by atoms with Crippen LogP contribution in [0.5, 0.6) is 5.75 Å². The van der Waals surface area contributed by atoms with Crippen LogP contribution in [0.4, 0.5) is 5.82 Å². The summed E-state index contributed by atoms with van der Waals surface area (Å²) in [6.45, 7) is 3.68. The second kappa shape index (κ2) is 6.84. The third kappa shape index (κ3) is 3.18. The zero-order valence-electron chi connectivity index (χ0n) is 15.9. The number of esters is 1. The Balaban J connectivity index is 1.30. The summed E-state index contributed by atoms with van der Waals surface area (Å²) in [4.78, 5) is 17.3. The van der Waals surface area contributed by atoms with Crippen molar-refractivity contribution in [1.29, 1.82) is 0 Å². The van der Waals surface area contributed by atoms with E-state index in [0.29, 0.717) is 18.1 Å². The molecule has 0 amide bonds. The van der Waals surface area contributed by atoms with Gasteiger partial charge in [-0.15, -0.1) is 10.2 Å². The maximum atomic E-state index is 10.9. The third-order valence-electron chi connectivity index (χ3n) is 5.39. The molecule has 148 valence electrons. The SMILES string of the molecule is CC(=O)OCc1nc(-c2ccc(N3CCC4(COc5ccccc54)C3)nn2)no1. The molecule has 3 aromatic rings. The van der Waals surface area contributed by atoms with Crippen LogP contribution >= 0.6 is 0 Å².